The Bertz CT molecular complexity index is 686. The van der Waals surface area contributed by atoms with Gasteiger partial charge in [-0.15, -0.1) is 0 Å². The molecule has 0 spiro atoms. The van der Waals surface area contributed by atoms with Crippen LogP contribution in [0.15, 0.2) is 42.6 Å². The molecule has 2 rings (SSSR count). The summed E-state index contributed by atoms with van der Waals surface area (Å²) in [5.41, 5.74) is 6.34. The van der Waals surface area contributed by atoms with Gasteiger partial charge >= 0.3 is 6.08 Å². The molecular formula is C15H14FN5O. The number of hydrogen-bond donors (Lipinski definition) is 1. The van der Waals surface area contributed by atoms with E-state index in [2.05, 4.69) is 9.97 Å². The van der Waals surface area contributed by atoms with Gasteiger partial charge in [0, 0.05) is 12.6 Å². The third-order valence-electron chi connectivity index (χ3n) is 3.12. The van der Waals surface area contributed by atoms with Crippen LogP contribution in [0.25, 0.3) is 0 Å². The summed E-state index contributed by atoms with van der Waals surface area (Å²) in [7, 11) is 0. The maximum atomic E-state index is 13.2. The average Bonchev–Trinajstić information content (AvgIpc) is 2.51. The molecule has 2 aromatic rings. The Morgan fingerprint density at radius 3 is 2.68 bits per heavy atom. The van der Waals surface area contributed by atoms with Crippen molar-refractivity contribution < 1.29 is 9.18 Å². The Balaban J connectivity index is 2.34. The number of nitrogens with two attached hydrogens (primary N) is 1. The van der Waals surface area contributed by atoms with Crippen LogP contribution in [0.4, 0.5) is 10.2 Å². The Kier molecular flexibility index (Phi) is 4.98. The van der Waals surface area contributed by atoms with Crippen molar-refractivity contribution in [1.82, 2.24) is 9.97 Å². The van der Waals surface area contributed by atoms with Crippen molar-refractivity contribution in [3.8, 4) is 6.07 Å². The highest BCUT2D eigenvalue weighted by Gasteiger charge is 2.25. The molecule has 1 aromatic carbocycles. The van der Waals surface area contributed by atoms with E-state index >= 15 is 0 Å². The zero-order valence-corrected chi connectivity index (χ0v) is 11.7. The SMILES string of the molecule is N#CCN(c1ccnc(F)n1)[C@@H](Cc1ccccc1)C(N)=O. The molecule has 112 valence electrons. The van der Waals surface area contributed by atoms with Crippen LogP contribution in [0.5, 0.6) is 0 Å². The first kappa shape index (κ1) is 15.4. The fraction of sp³-hybridized carbons (Fsp3) is 0.200. The largest absolute Gasteiger partial charge is 0.368 e. The molecule has 1 amide bonds. The number of carbonyl (C=O) groups is 1. The van der Waals surface area contributed by atoms with Crippen LogP contribution in [0.3, 0.4) is 0 Å². The maximum Gasteiger partial charge on any atom is 0.310 e. The zero-order chi connectivity index (χ0) is 15.9. The van der Waals surface area contributed by atoms with Crippen molar-refractivity contribution in [2.45, 2.75) is 12.5 Å². The lowest BCUT2D eigenvalue weighted by molar-refractivity contribution is -0.119. The predicted molar refractivity (Wildman–Crippen MR) is 78.1 cm³/mol. The molecule has 1 heterocycles. The minimum absolute atomic E-state index is 0.142. The molecule has 0 aliphatic carbocycles. The van der Waals surface area contributed by atoms with Crippen molar-refractivity contribution in [2.24, 2.45) is 5.73 Å². The summed E-state index contributed by atoms with van der Waals surface area (Å²) in [6.07, 6.45) is 0.592. The molecule has 1 atom stereocenters. The summed E-state index contributed by atoms with van der Waals surface area (Å²) in [6.45, 7) is -0.142. The number of nitrogens with zero attached hydrogens (tertiary/aromatic N) is 4. The third-order valence-corrected chi connectivity index (χ3v) is 3.12. The molecule has 6 nitrogen and oxygen atoms in total. The number of anilines is 1. The molecule has 0 saturated carbocycles. The van der Waals surface area contributed by atoms with E-state index in [-0.39, 0.29) is 12.4 Å². The van der Waals surface area contributed by atoms with E-state index in [4.69, 9.17) is 11.0 Å². The lowest BCUT2D eigenvalue weighted by Gasteiger charge is -2.28. The number of hydrogen-bond acceptors (Lipinski definition) is 5. The van der Waals surface area contributed by atoms with Crippen LogP contribution in [-0.2, 0) is 11.2 Å². The van der Waals surface area contributed by atoms with Crippen LogP contribution < -0.4 is 10.6 Å². The molecule has 1 aromatic heterocycles. The highest BCUT2D eigenvalue weighted by Crippen LogP contribution is 2.16. The molecule has 0 aliphatic heterocycles. The fourth-order valence-corrected chi connectivity index (χ4v) is 2.11. The van der Waals surface area contributed by atoms with Gasteiger partial charge in [0.25, 0.3) is 0 Å². The summed E-state index contributed by atoms with van der Waals surface area (Å²) in [4.78, 5) is 20.2. The Labute approximate surface area is 127 Å². The number of rotatable bonds is 6. The van der Waals surface area contributed by atoms with Gasteiger partial charge in [-0.2, -0.15) is 14.6 Å². The molecule has 2 N–H and O–H groups in total. The molecule has 0 unspecified atom stereocenters. The highest BCUT2D eigenvalue weighted by molar-refractivity contribution is 5.83. The van der Waals surface area contributed by atoms with Crippen molar-refractivity contribution >= 4 is 11.7 Å². The van der Waals surface area contributed by atoms with Crippen molar-refractivity contribution in [3.05, 3.63) is 54.2 Å². The van der Waals surface area contributed by atoms with Crippen LogP contribution in [-0.4, -0.2) is 28.5 Å². The van der Waals surface area contributed by atoms with Crippen LogP contribution >= 0.6 is 0 Å². The van der Waals surface area contributed by atoms with E-state index in [1.807, 2.05) is 36.4 Å². The predicted octanol–water partition coefficient (Wildman–Crippen LogP) is 1.04. The van der Waals surface area contributed by atoms with E-state index in [0.717, 1.165) is 5.56 Å². The van der Waals surface area contributed by atoms with Gasteiger partial charge in [0.2, 0.25) is 5.91 Å². The molecule has 7 heteroatoms. The third kappa shape index (κ3) is 3.76. The fourth-order valence-electron chi connectivity index (χ4n) is 2.11. The summed E-state index contributed by atoms with van der Waals surface area (Å²) in [5, 5.41) is 8.98. The molecule has 22 heavy (non-hydrogen) atoms. The van der Waals surface area contributed by atoms with Gasteiger partial charge < -0.3 is 10.6 Å². The smallest absolute Gasteiger partial charge is 0.310 e. The van der Waals surface area contributed by atoms with Gasteiger partial charge in [-0.1, -0.05) is 30.3 Å². The lowest BCUT2D eigenvalue weighted by atomic mass is 10.0. The molecule has 0 aliphatic rings. The van der Waals surface area contributed by atoms with Gasteiger partial charge in [0.15, 0.2) is 0 Å². The molecule has 0 fully saturated rings. The number of halogens is 1. The first-order chi connectivity index (χ1) is 10.6. The Morgan fingerprint density at radius 2 is 2.09 bits per heavy atom. The van der Waals surface area contributed by atoms with E-state index in [1.54, 1.807) is 0 Å². The standard InChI is InChI=1S/C15H14FN5O/c16-15-19-8-6-13(20-15)21(9-7-17)12(14(18)22)10-11-4-2-1-3-5-11/h1-6,8,12H,9-10H2,(H2,18,22)/t12-/m0/s1. The minimum Gasteiger partial charge on any atom is -0.368 e. The van der Waals surface area contributed by atoms with E-state index < -0.39 is 18.0 Å². The number of amides is 1. The van der Waals surface area contributed by atoms with Crippen LogP contribution in [0.1, 0.15) is 5.56 Å². The van der Waals surface area contributed by atoms with E-state index in [0.29, 0.717) is 6.42 Å². The maximum absolute atomic E-state index is 13.2. The van der Waals surface area contributed by atoms with Crippen LogP contribution in [0.2, 0.25) is 0 Å². The minimum atomic E-state index is -0.927. The second-order valence-corrected chi connectivity index (χ2v) is 4.58. The number of benzene rings is 1. The first-order valence-electron chi connectivity index (χ1n) is 6.57. The van der Waals surface area contributed by atoms with Crippen LogP contribution in [0, 0.1) is 17.4 Å². The average molecular weight is 299 g/mol. The lowest BCUT2D eigenvalue weighted by Crippen LogP contribution is -2.47. The van der Waals surface area contributed by atoms with Gasteiger partial charge in [-0.25, -0.2) is 4.98 Å². The number of nitriles is 1. The molecule has 0 bridgehead atoms. The quantitative estimate of drug-likeness (QED) is 0.635. The Morgan fingerprint density at radius 1 is 1.36 bits per heavy atom. The second kappa shape index (κ2) is 7.13. The zero-order valence-electron chi connectivity index (χ0n) is 11.7. The molecule has 0 saturated heterocycles. The number of aromatic nitrogens is 2. The highest BCUT2D eigenvalue weighted by atomic mass is 19.1. The monoisotopic (exact) mass is 299 g/mol. The normalized spacial score (nSPS) is 11.5. The van der Waals surface area contributed by atoms with Crippen molar-refractivity contribution in [2.75, 3.05) is 11.4 Å². The summed E-state index contributed by atoms with van der Waals surface area (Å²) < 4.78 is 13.2. The Hall–Kier alpha value is -3.01. The molecule has 0 radical (unpaired) electrons. The molecular weight excluding hydrogens is 285 g/mol. The number of carbonyl (C=O) groups excluding carboxylic acids is 1. The van der Waals surface area contributed by atoms with Gasteiger partial charge in [0.05, 0.1) is 6.07 Å². The first-order valence-corrected chi connectivity index (χ1v) is 6.57. The van der Waals surface area contributed by atoms with Crippen molar-refractivity contribution in [3.63, 3.8) is 0 Å². The number of primary amides is 1. The summed E-state index contributed by atoms with van der Waals surface area (Å²) in [5.74, 6) is -0.466. The van der Waals surface area contributed by atoms with Crippen molar-refractivity contribution in [1.29, 1.82) is 5.26 Å². The van der Waals surface area contributed by atoms with Gasteiger partial charge in [0.1, 0.15) is 18.4 Å². The van der Waals surface area contributed by atoms with E-state index in [9.17, 15) is 9.18 Å². The van der Waals surface area contributed by atoms with Gasteiger partial charge in [-0.3, -0.25) is 4.79 Å². The summed E-state index contributed by atoms with van der Waals surface area (Å²) >= 11 is 0. The second-order valence-electron chi connectivity index (χ2n) is 4.58. The summed E-state index contributed by atoms with van der Waals surface area (Å²) in [6, 6.07) is 11.8. The van der Waals surface area contributed by atoms with E-state index in [1.165, 1.54) is 17.2 Å². The van der Waals surface area contributed by atoms with Gasteiger partial charge in [-0.05, 0) is 11.6 Å². The topological polar surface area (TPSA) is 95.9 Å².